The highest BCUT2D eigenvalue weighted by atomic mass is 35.5. The molecule has 1 aliphatic rings. The first-order valence-electron chi connectivity index (χ1n) is 4.53. The predicted octanol–water partition coefficient (Wildman–Crippen LogP) is 2.03. The summed E-state index contributed by atoms with van der Waals surface area (Å²) in [6, 6.07) is 3.90. The fourth-order valence-corrected chi connectivity index (χ4v) is 1.68. The monoisotopic (exact) mass is 196 g/mol. The molecule has 3 heteroatoms. The van der Waals surface area contributed by atoms with E-state index in [2.05, 4.69) is 10.3 Å². The van der Waals surface area contributed by atoms with E-state index in [0.29, 0.717) is 10.7 Å². The van der Waals surface area contributed by atoms with Crippen molar-refractivity contribution in [1.82, 2.24) is 10.3 Å². The van der Waals surface area contributed by atoms with E-state index in [9.17, 15) is 0 Å². The van der Waals surface area contributed by atoms with Crippen LogP contribution in [0.25, 0.3) is 0 Å². The largest absolute Gasteiger partial charge is 0.314 e. The minimum Gasteiger partial charge on any atom is -0.314 e. The van der Waals surface area contributed by atoms with Gasteiger partial charge in [-0.2, -0.15) is 0 Å². The molecule has 1 aromatic rings. The molecular weight excluding hydrogens is 184 g/mol. The molecule has 13 heavy (non-hydrogen) atoms. The van der Waals surface area contributed by atoms with Gasteiger partial charge in [-0.25, -0.2) is 4.98 Å². The van der Waals surface area contributed by atoms with E-state index in [1.165, 1.54) is 18.4 Å². The zero-order valence-electron chi connectivity index (χ0n) is 7.68. The second-order valence-corrected chi connectivity index (χ2v) is 4.08. The Kier molecular flexibility index (Phi) is 2.26. The summed E-state index contributed by atoms with van der Waals surface area (Å²) in [6.07, 6.45) is 5.46. The number of pyridine rings is 1. The molecule has 2 nitrogen and oxygen atoms in total. The summed E-state index contributed by atoms with van der Waals surface area (Å²) in [4.78, 5) is 4.06. The summed E-state index contributed by atoms with van der Waals surface area (Å²) in [5.41, 5.74) is 1.62. The molecule has 1 fully saturated rings. The maximum atomic E-state index is 5.71. The van der Waals surface area contributed by atoms with E-state index < -0.39 is 0 Å². The van der Waals surface area contributed by atoms with Gasteiger partial charge in [0.25, 0.3) is 0 Å². The summed E-state index contributed by atoms with van der Waals surface area (Å²) >= 11 is 5.71. The number of hydrogen-bond donors (Lipinski definition) is 1. The van der Waals surface area contributed by atoms with Crippen molar-refractivity contribution in [3.05, 3.63) is 29.0 Å². The lowest BCUT2D eigenvalue weighted by Crippen LogP contribution is -2.29. The summed E-state index contributed by atoms with van der Waals surface area (Å²) in [5, 5.41) is 3.92. The van der Waals surface area contributed by atoms with Crippen LogP contribution in [0.2, 0.25) is 5.15 Å². The van der Waals surface area contributed by atoms with Crippen LogP contribution in [0, 0.1) is 0 Å². The fraction of sp³-hybridized carbons (Fsp3) is 0.500. The van der Waals surface area contributed by atoms with Gasteiger partial charge in [0.1, 0.15) is 5.15 Å². The Morgan fingerprint density at radius 2 is 2.31 bits per heavy atom. The number of likely N-dealkylation sites (N-methyl/N-ethyl adjacent to an activating group) is 1. The van der Waals surface area contributed by atoms with Crippen molar-refractivity contribution in [2.75, 3.05) is 7.05 Å². The minimum absolute atomic E-state index is 0.357. The molecule has 1 saturated carbocycles. The zero-order valence-corrected chi connectivity index (χ0v) is 8.43. The molecule has 0 spiro atoms. The third-order valence-corrected chi connectivity index (χ3v) is 2.94. The van der Waals surface area contributed by atoms with Crippen molar-refractivity contribution in [3.8, 4) is 0 Å². The van der Waals surface area contributed by atoms with E-state index in [0.717, 1.165) is 6.42 Å². The Balaban J connectivity index is 2.06. The average molecular weight is 197 g/mol. The number of hydrogen-bond acceptors (Lipinski definition) is 2. The highest BCUT2D eigenvalue weighted by Crippen LogP contribution is 2.37. The Labute approximate surface area is 83.3 Å². The molecule has 1 N–H and O–H groups in total. The lowest BCUT2D eigenvalue weighted by molar-refractivity contribution is 0.548. The second kappa shape index (κ2) is 3.28. The second-order valence-electron chi connectivity index (χ2n) is 3.70. The molecule has 0 unspecified atom stereocenters. The fourth-order valence-electron chi connectivity index (χ4n) is 1.57. The van der Waals surface area contributed by atoms with Crippen molar-refractivity contribution < 1.29 is 0 Å². The van der Waals surface area contributed by atoms with Crippen molar-refractivity contribution in [2.24, 2.45) is 0 Å². The molecule has 0 saturated heterocycles. The first-order chi connectivity index (χ1) is 6.24. The van der Waals surface area contributed by atoms with Crippen LogP contribution in [0.15, 0.2) is 18.3 Å². The Morgan fingerprint density at radius 1 is 1.54 bits per heavy atom. The molecule has 0 aromatic carbocycles. The number of halogens is 1. The van der Waals surface area contributed by atoms with E-state index in [1.807, 2.05) is 25.4 Å². The van der Waals surface area contributed by atoms with Crippen molar-refractivity contribution in [2.45, 2.75) is 24.8 Å². The van der Waals surface area contributed by atoms with Crippen molar-refractivity contribution in [1.29, 1.82) is 0 Å². The number of nitrogens with one attached hydrogen (secondary N) is 1. The van der Waals surface area contributed by atoms with E-state index in [4.69, 9.17) is 11.6 Å². The van der Waals surface area contributed by atoms with Gasteiger partial charge in [0.05, 0.1) is 0 Å². The highest BCUT2D eigenvalue weighted by Gasteiger charge is 2.40. The van der Waals surface area contributed by atoms with Crippen LogP contribution < -0.4 is 5.32 Å². The SMILES string of the molecule is CNC1(Cc2ccc(Cl)nc2)CC1. The first-order valence-corrected chi connectivity index (χ1v) is 4.91. The predicted molar refractivity (Wildman–Crippen MR) is 54.0 cm³/mol. The van der Waals surface area contributed by atoms with Gasteiger partial charge in [-0.15, -0.1) is 0 Å². The lowest BCUT2D eigenvalue weighted by Gasteiger charge is -2.13. The molecule has 1 aromatic heterocycles. The normalized spacial score (nSPS) is 18.6. The molecule has 0 aliphatic heterocycles. The maximum absolute atomic E-state index is 5.71. The Hall–Kier alpha value is -0.600. The van der Waals surface area contributed by atoms with Crippen LogP contribution in [0.3, 0.4) is 0 Å². The van der Waals surface area contributed by atoms with Crippen LogP contribution >= 0.6 is 11.6 Å². The van der Waals surface area contributed by atoms with E-state index in [-0.39, 0.29) is 0 Å². The Bertz CT molecular complexity index is 290. The Morgan fingerprint density at radius 3 is 2.77 bits per heavy atom. The third kappa shape index (κ3) is 2.01. The van der Waals surface area contributed by atoms with Gasteiger partial charge in [0, 0.05) is 11.7 Å². The molecule has 0 atom stereocenters. The molecule has 2 rings (SSSR count). The van der Waals surface area contributed by atoms with Crippen LogP contribution in [-0.2, 0) is 6.42 Å². The molecule has 0 radical (unpaired) electrons. The van der Waals surface area contributed by atoms with Crippen LogP contribution in [0.5, 0.6) is 0 Å². The smallest absolute Gasteiger partial charge is 0.129 e. The first kappa shape index (κ1) is 8.97. The summed E-state index contributed by atoms with van der Waals surface area (Å²) in [6.45, 7) is 0. The highest BCUT2D eigenvalue weighted by molar-refractivity contribution is 6.29. The third-order valence-electron chi connectivity index (χ3n) is 2.72. The van der Waals surface area contributed by atoms with Gasteiger partial charge in [-0.05, 0) is 37.9 Å². The molecule has 0 bridgehead atoms. The molecule has 0 amide bonds. The minimum atomic E-state index is 0.357. The average Bonchev–Trinajstić information content (AvgIpc) is 2.90. The van der Waals surface area contributed by atoms with Gasteiger partial charge in [0.15, 0.2) is 0 Å². The van der Waals surface area contributed by atoms with Gasteiger partial charge < -0.3 is 5.32 Å². The van der Waals surface area contributed by atoms with Gasteiger partial charge >= 0.3 is 0 Å². The summed E-state index contributed by atoms with van der Waals surface area (Å²) < 4.78 is 0. The zero-order chi connectivity index (χ0) is 9.31. The quantitative estimate of drug-likeness (QED) is 0.749. The van der Waals surface area contributed by atoms with Crippen molar-refractivity contribution in [3.63, 3.8) is 0 Å². The van der Waals surface area contributed by atoms with Crippen LogP contribution in [-0.4, -0.2) is 17.6 Å². The number of nitrogens with zero attached hydrogens (tertiary/aromatic N) is 1. The maximum Gasteiger partial charge on any atom is 0.129 e. The number of rotatable bonds is 3. The van der Waals surface area contributed by atoms with Crippen LogP contribution in [0.4, 0.5) is 0 Å². The van der Waals surface area contributed by atoms with Gasteiger partial charge in [-0.1, -0.05) is 17.7 Å². The molecule has 70 valence electrons. The van der Waals surface area contributed by atoms with E-state index >= 15 is 0 Å². The standard InChI is InChI=1S/C10H13ClN2/c1-12-10(4-5-10)6-8-2-3-9(11)13-7-8/h2-3,7,12H,4-6H2,1H3. The molecular formula is C10H13ClN2. The number of aromatic nitrogens is 1. The topological polar surface area (TPSA) is 24.9 Å². The molecule has 1 aliphatic carbocycles. The van der Waals surface area contributed by atoms with Crippen LogP contribution in [0.1, 0.15) is 18.4 Å². The molecule has 1 heterocycles. The van der Waals surface area contributed by atoms with Crippen molar-refractivity contribution >= 4 is 11.6 Å². The summed E-state index contributed by atoms with van der Waals surface area (Å²) in [5.74, 6) is 0. The van der Waals surface area contributed by atoms with Gasteiger partial charge in [-0.3, -0.25) is 0 Å². The lowest BCUT2D eigenvalue weighted by atomic mass is 10.1. The summed E-state index contributed by atoms with van der Waals surface area (Å²) in [7, 11) is 2.02. The van der Waals surface area contributed by atoms with Gasteiger partial charge in [0.2, 0.25) is 0 Å². The van der Waals surface area contributed by atoms with E-state index in [1.54, 1.807) is 0 Å².